The minimum Gasteiger partial charge on any atom is -0.373 e. The van der Waals surface area contributed by atoms with Gasteiger partial charge in [-0.15, -0.1) is 0 Å². The molecule has 1 heterocycles. The monoisotopic (exact) mass is 218 g/mol. The van der Waals surface area contributed by atoms with E-state index in [2.05, 4.69) is 15.6 Å². The van der Waals surface area contributed by atoms with Crippen LogP contribution in [0.2, 0.25) is 0 Å². The average Bonchev–Trinajstić information content (AvgIpc) is 2.30. The SMILES string of the molecule is CCNC(=O)C(C)Nc1ccc(C#N)nc1. The minimum atomic E-state index is -0.324. The van der Waals surface area contributed by atoms with Crippen LogP contribution in [-0.4, -0.2) is 23.5 Å². The van der Waals surface area contributed by atoms with Gasteiger partial charge in [-0.2, -0.15) is 5.26 Å². The molecule has 5 nitrogen and oxygen atoms in total. The Labute approximate surface area is 94.5 Å². The molecule has 0 radical (unpaired) electrons. The van der Waals surface area contributed by atoms with Crippen LogP contribution < -0.4 is 10.6 Å². The van der Waals surface area contributed by atoms with Gasteiger partial charge in [-0.25, -0.2) is 4.98 Å². The largest absolute Gasteiger partial charge is 0.373 e. The number of hydrogen-bond acceptors (Lipinski definition) is 4. The molecular formula is C11H14N4O. The first-order chi connectivity index (χ1) is 7.67. The number of nitrogens with one attached hydrogen (secondary N) is 2. The van der Waals surface area contributed by atoms with E-state index in [0.717, 1.165) is 5.69 Å². The van der Waals surface area contributed by atoms with Crippen LogP contribution >= 0.6 is 0 Å². The first-order valence-corrected chi connectivity index (χ1v) is 5.07. The lowest BCUT2D eigenvalue weighted by Gasteiger charge is -2.13. The predicted octanol–water partition coefficient (Wildman–Crippen LogP) is 0.890. The molecule has 16 heavy (non-hydrogen) atoms. The van der Waals surface area contributed by atoms with E-state index in [9.17, 15) is 4.79 Å². The number of hydrogen-bond donors (Lipinski definition) is 2. The van der Waals surface area contributed by atoms with E-state index < -0.39 is 0 Å². The first-order valence-electron chi connectivity index (χ1n) is 5.07. The van der Waals surface area contributed by atoms with Crippen LogP contribution in [-0.2, 0) is 4.79 Å². The van der Waals surface area contributed by atoms with Gasteiger partial charge in [0.15, 0.2) is 0 Å². The van der Waals surface area contributed by atoms with Crippen molar-refractivity contribution in [3.8, 4) is 6.07 Å². The summed E-state index contributed by atoms with van der Waals surface area (Å²) in [6, 6.07) is 4.94. The van der Waals surface area contributed by atoms with Gasteiger partial charge in [-0.05, 0) is 26.0 Å². The summed E-state index contributed by atoms with van der Waals surface area (Å²) in [4.78, 5) is 15.3. The highest BCUT2D eigenvalue weighted by Crippen LogP contribution is 2.07. The third-order valence-corrected chi connectivity index (χ3v) is 2.01. The Kier molecular flexibility index (Phi) is 4.28. The number of rotatable bonds is 4. The van der Waals surface area contributed by atoms with Crippen LogP contribution in [0.25, 0.3) is 0 Å². The normalized spacial score (nSPS) is 11.3. The molecule has 0 bridgehead atoms. The molecule has 0 aromatic carbocycles. The van der Waals surface area contributed by atoms with Crippen LogP contribution in [0.1, 0.15) is 19.5 Å². The molecule has 0 aliphatic carbocycles. The second kappa shape index (κ2) is 5.71. The highest BCUT2D eigenvalue weighted by atomic mass is 16.2. The zero-order chi connectivity index (χ0) is 12.0. The van der Waals surface area contributed by atoms with Crippen molar-refractivity contribution < 1.29 is 4.79 Å². The topological polar surface area (TPSA) is 77.8 Å². The molecule has 1 aromatic heterocycles. The van der Waals surface area contributed by atoms with Crippen molar-refractivity contribution in [1.82, 2.24) is 10.3 Å². The molecular weight excluding hydrogens is 204 g/mol. The Bertz CT molecular complexity index is 393. The van der Waals surface area contributed by atoms with Gasteiger partial charge in [-0.1, -0.05) is 0 Å². The Morgan fingerprint density at radius 2 is 2.38 bits per heavy atom. The van der Waals surface area contributed by atoms with Gasteiger partial charge in [0.05, 0.1) is 11.9 Å². The van der Waals surface area contributed by atoms with Crippen LogP contribution in [0.15, 0.2) is 18.3 Å². The summed E-state index contributed by atoms with van der Waals surface area (Å²) in [5.74, 6) is -0.0631. The van der Waals surface area contributed by atoms with Gasteiger partial charge in [-0.3, -0.25) is 4.79 Å². The summed E-state index contributed by atoms with van der Waals surface area (Å²) in [7, 11) is 0. The summed E-state index contributed by atoms with van der Waals surface area (Å²) in [5.41, 5.74) is 1.08. The standard InChI is InChI=1S/C11H14N4O/c1-3-13-11(16)8(2)15-10-5-4-9(6-12)14-7-10/h4-5,7-8,15H,3H2,1-2H3,(H,13,16). The highest BCUT2D eigenvalue weighted by molar-refractivity contribution is 5.84. The zero-order valence-corrected chi connectivity index (χ0v) is 9.32. The number of likely N-dealkylation sites (N-methyl/N-ethyl adjacent to an activating group) is 1. The Morgan fingerprint density at radius 3 is 2.88 bits per heavy atom. The number of nitrogens with zero attached hydrogens (tertiary/aromatic N) is 2. The summed E-state index contributed by atoms with van der Waals surface area (Å²) in [5, 5.41) is 14.3. The summed E-state index contributed by atoms with van der Waals surface area (Å²) >= 11 is 0. The maximum Gasteiger partial charge on any atom is 0.242 e. The van der Waals surface area contributed by atoms with Gasteiger partial charge in [0.1, 0.15) is 17.8 Å². The second-order valence-electron chi connectivity index (χ2n) is 3.30. The number of carbonyl (C=O) groups is 1. The van der Waals surface area contributed by atoms with Crippen LogP contribution in [0.3, 0.4) is 0 Å². The van der Waals surface area contributed by atoms with Crippen LogP contribution in [0.5, 0.6) is 0 Å². The van der Waals surface area contributed by atoms with Crippen molar-refractivity contribution in [2.45, 2.75) is 19.9 Å². The minimum absolute atomic E-state index is 0.0631. The van der Waals surface area contributed by atoms with Gasteiger partial charge in [0.25, 0.3) is 0 Å². The molecule has 0 saturated carbocycles. The van der Waals surface area contributed by atoms with Crippen LogP contribution in [0.4, 0.5) is 5.69 Å². The molecule has 1 rings (SSSR count). The van der Waals surface area contributed by atoms with E-state index in [1.54, 1.807) is 19.1 Å². The number of nitriles is 1. The zero-order valence-electron chi connectivity index (χ0n) is 9.32. The number of aromatic nitrogens is 1. The second-order valence-corrected chi connectivity index (χ2v) is 3.30. The molecule has 1 amide bonds. The van der Waals surface area contributed by atoms with Crippen molar-refractivity contribution in [2.75, 3.05) is 11.9 Å². The van der Waals surface area contributed by atoms with Crippen molar-refractivity contribution in [3.05, 3.63) is 24.0 Å². The van der Waals surface area contributed by atoms with Gasteiger partial charge < -0.3 is 10.6 Å². The molecule has 1 atom stereocenters. The van der Waals surface area contributed by atoms with Gasteiger partial charge >= 0.3 is 0 Å². The van der Waals surface area contributed by atoms with Crippen molar-refractivity contribution in [1.29, 1.82) is 5.26 Å². The molecule has 0 fully saturated rings. The van der Waals surface area contributed by atoms with E-state index in [-0.39, 0.29) is 11.9 Å². The predicted molar refractivity (Wildman–Crippen MR) is 60.7 cm³/mol. The number of anilines is 1. The Morgan fingerprint density at radius 1 is 1.62 bits per heavy atom. The molecule has 0 aliphatic rings. The lowest BCUT2D eigenvalue weighted by Crippen LogP contribution is -2.37. The van der Waals surface area contributed by atoms with E-state index in [4.69, 9.17) is 5.26 Å². The Hall–Kier alpha value is -2.09. The van der Waals surface area contributed by atoms with E-state index in [1.807, 2.05) is 13.0 Å². The molecule has 5 heteroatoms. The van der Waals surface area contributed by atoms with Crippen molar-refractivity contribution >= 4 is 11.6 Å². The lowest BCUT2D eigenvalue weighted by molar-refractivity contribution is -0.121. The fraction of sp³-hybridized carbons (Fsp3) is 0.364. The highest BCUT2D eigenvalue weighted by Gasteiger charge is 2.10. The number of amides is 1. The molecule has 2 N–H and O–H groups in total. The smallest absolute Gasteiger partial charge is 0.242 e. The van der Waals surface area contributed by atoms with Gasteiger partial charge in [0.2, 0.25) is 5.91 Å². The maximum absolute atomic E-state index is 11.4. The van der Waals surface area contributed by atoms with E-state index >= 15 is 0 Å². The van der Waals surface area contributed by atoms with E-state index in [1.165, 1.54) is 6.20 Å². The summed E-state index contributed by atoms with van der Waals surface area (Å²) in [6.07, 6.45) is 1.54. The maximum atomic E-state index is 11.4. The molecule has 84 valence electrons. The lowest BCUT2D eigenvalue weighted by atomic mass is 10.2. The Balaban J connectivity index is 2.59. The van der Waals surface area contributed by atoms with Crippen molar-refractivity contribution in [2.24, 2.45) is 0 Å². The molecule has 1 aromatic rings. The summed E-state index contributed by atoms with van der Waals surface area (Å²) < 4.78 is 0. The quantitative estimate of drug-likeness (QED) is 0.786. The number of carbonyl (C=O) groups excluding carboxylic acids is 1. The van der Waals surface area contributed by atoms with Gasteiger partial charge in [0, 0.05) is 6.54 Å². The number of pyridine rings is 1. The fourth-order valence-electron chi connectivity index (χ4n) is 1.19. The average molecular weight is 218 g/mol. The third-order valence-electron chi connectivity index (χ3n) is 2.01. The fourth-order valence-corrected chi connectivity index (χ4v) is 1.19. The summed E-state index contributed by atoms with van der Waals surface area (Å²) in [6.45, 7) is 4.24. The molecule has 0 saturated heterocycles. The third kappa shape index (κ3) is 3.24. The van der Waals surface area contributed by atoms with Crippen molar-refractivity contribution in [3.63, 3.8) is 0 Å². The van der Waals surface area contributed by atoms with Crippen LogP contribution in [0, 0.1) is 11.3 Å². The first kappa shape index (κ1) is 12.0. The molecule has 1 unspecified atom stereocenters. The molecule has 0 aliphatic heterocycles. The molecule has 0 spiro atoms. The van der Waals surface area contributed by atoms with E-state index in [0.29, 0.717) is 12.2 Å².